The number of primary amides is 1. The molecule has 3 aromatic heterocycles. The number of aromatic nitrogens is 6. The minimum absolute atomic E-state index is 0.131. The Morgan fingerprint density at radius 2 is 1.54 bits per heavy atom. The van der Waals surface area contributed by atoms with E-state index in [9.17, 15) is 14.4 Å². The molecule has 0 saturated carbocycles. The van der Waals surface area contributed by atoms with Crippen molar-refractivity contribution in [2.75, 3.05) is 5.32 Å². The summed E-state index contributed by atoms with van der Waals surface area (Å²) in [6, 6.07) is 8.38. The fraction of sp³-hybridized carbons (Fsp3) is 0.407. The van der Waals surface area contributed by atoms with Crippen LogP contribution in [0, 0.1) is 13.8 Å². The predicted molar refractivity (Wildman–Crippen MR) is 148 cm³/mol. The highest BCUT2D eigenvalue weighted by Gasteiger charge is 2.21. The van der Waals surface area contributed by atoms with Gasteiger partial charge in [0.15, 0.2) is 0 Å². The smallest absolute Gasteiger partial charge is 0.276 e. The van der Waals surface area contributed by atoms with Crippen molar-refractivity contribution in [1.29, 1.82) is 0 Å². The van der Waals surface area contributed by atoms with Gasteiger partial charge in [0.2, 0.25) is 11.9 Å². The van der Waals surface area contributed by atoms with Gasteiger partial charge in [-0.1, -0.05) is 6.92 Å². The molecule has 0 fully saturated rings. The third-order valence-corrected chi connectivity index (χ3v) is 6.66. The Morgan fingerprint density at radius 3 is 2.10 bits per heavy atom. The van der Waals surface area contributed by atoms with Gasteiger partial charge >= 0.3 is 0 Å². The van der Waals surface area contributed by atoms with Crippen molar-refractivity contribution in [3.8, 4) is 0 Å². The van der Waals surface area contributed by atoms with Crippen LogP contribution in [0.2, 0.25) is 0 Å². The summed E-state index contributed by atoms with van der Waals surface area (Å²) in [5.41, 5.74) is 9.54. The number of nitrogens with one attached hydrogen (secondary N) is 2. The lowest BCUT2D eigenvalue weighted by molar-refractivity contribution is 0.0921. The Morgan fingerprint density at radius 1 is 0.923 bits per heavy atom. The lowest BCUT2D eigenvalue weighted by atomic mass is 10.1. The van der Waals surface area contributed by atoms with Crippen LogP contribution >= 0.6 is 0 Å². The van der Waals surface area contributed by atoms with Crippen molar-refractivity contribution < 1.29 is 14.4 Å². The molecule has 3 heterocycles. The average molecular weight is 534 g/mol. The van der Waals surface area contributed by atoms with Crippen LogP contribution in [0.5, 0.6) is 0 Å². The van der Waals surface area contributed by atoms with Gasteiger partial charge in [0, 0.05) is 31.2 Å². The van der Waals surface area contributed by atoms with Crippen LogP contribution in [-0.2, 0) is 19.6 Å². The number of fused-ring (bicyclic) bond motifs is 1. The Kier molecular flexibility index (Phi) is 8.12. The summed E-state index contributed by atoms with van der Waals surface area (Å²) in [6.45, 7) is 11.2. The number of amides is 3. The summed E-state index contributed by atoms with van der Waals surface area (Å²) in [6.07, 6.45) is 1.29. The second kappa shape index (κ2) is 11.5. The van der Waals surface area contributed by atoms with E-state index >= 15 is 0 Å². The zero-order chi connectivity index (χ0) is 28.3. The van der Waals surface area contributed by atoms with Gasteiger partial charge in [-0.15, -0.1) is 0 Å². The maximum Gasteiger partial charge on any atom is 0.276 e. The number of benzene rings is 1. The molecule has 39 heavy (non-hydrogen) atoms. The number of nitrogens with two attached hydrogens (primary N) is 1. The molecule has 0 bridgehead atoms. The van der Waals surface area contributed by atoms with Crippen molar-refractivity contribution >= 4 is 34.7 Å². The Labute approximate surface area is 226 Å². The molecular weight excluding hydrogens is 498 g/mol. The molecule has 0 aliphatic carbocycles. The van der Waals surface area contributed by atoms with Gasteiger partial charge in [0.25, 0.3) is 11.8 Å². The molecule has 0 saturated heterocycles. The molecule has 1 aromatic carbocycles. The fourth-order valence-corrected chi connectivity index (χ4v) is 4.63. The van der Waals surface area contributed by atoms with Crippen LogP contribution in [0.25, 0.3) is 11.0 Å². The number of nitrogens with zero attached hydrogens (tertiary/aromatic N) is 6. The fourth-order valence-electron chi connectivity index (χ4n) is 4.63. The first-order chi connectivity index (χ1) is 18.6. The summed E-state index contributed by atoms with van der Waals surface area (Å²) in [4.78, 5) is 42.6. The van der Waals surface area contributed by atoms with E-state index in [1.54, 1.807) is 39.7 Å². The molecule has 0 radical (unpaired) electrons. The van der Waals surface area contributed by atoms with Crippen molar-refractivity contribution in [3.05, 3.63) is 58.7 Å². The predicted octanol–water partition coefficient (Wildman–Crippen LogP) is 3.04. The lowest BCUT2D eigenvalue weighted by Crippen LogP contribution is -2.36. The third-order valence-electron chi connectivity index (χ3n) is 6.66. The summed E-state index contributed by atoms with van der Waals surface area (Å²) in [5.74, 6) is -0.746. The van der Waals surface area contributed by atoms with E-state index in [4.69, 9.17) is 5.73 Å². The Hall–Kier alpha value is -4.48. The second-order valence-electron chi connectivity index (χ2n) is 9.45. The van der Waals surface area contributed by atoms with Gasteiger partial charge in [-0.2, -0.15) is 10.2 Å². The summed E-state index contributed by atoms with van der Waals surface area (Å²) >= 11 is 0. The number of hydrogen-bond donors (Lipinski definition) is 3. The lowest BCUT2D eigenvalue weighted by Gasteiger charge is -2.19. The monoisotopic (exact) mass is 533 g/mol. The van der Waals surface area contributed by atoms with E-state index in [0.29, 0.717) is 60.9 Å². The number of aryl methyl sites for hydroxylation is 5. The SMILES string of the molecule is CCC(CCn1c(NC(=O)c2cc(C)nn2CC)nc2cc(C(N)=O)ccc21)NC(=O)c1cc(C)nn1CC. The topological polar surface area (TPSA) is 155 Å². The molecule has 12 nitrogen and oxygen atoms in total. The van der Waals surface area contributed by atoms with Gasteiger partial charge < -0.3 is 15.6 Å². The van der Waals surface area contributed by atoms with Crippen LogP contribution in [0.3, 0.4) is 0 Å². The van der Waals surface area contributed by atoms with Gasteiger partial charge in [-0.05, 0) is 70.9 Å². The highest BCUT2D eigenvalue weighted by Crippen LogP contribution is 2.23. The maximum atomic E-state index is 13.2. The standard InChI is InChI=1S/C27H35N9O3/c1-6-19(29-25(38)22-13-16(4)32-35(22)7-2)11-12-34-21-10-9-18(24(28)37)15-20(21)30-27(34)31-26(39)23-14-17(5)33-36(23)8-3/h9-10,13-15,19H,6-8,11-12H2,1-5H3,(H2,28,37)(H,29,38)(H,30,31,39). The molecule has 0 aliphatic heterocycles. The van der Waals surface area contributed by atoms with Crippen LogP contribution in [-0.4, -0.2) is 52.9 Å². The molecule has 1 unspecified atom stereocenters. The first kappa shape index (κ1) is 27.6. The van der Waals surface area contributed by atoms with Gasteiger partial charge in [-0.3, -0.25) is 29.1 Å². The number of carbonyl (C=O) groups is 3. The van der Waals surface area contributed by atoms with E-state index in [1.165, 1.54) is 0 Å². The molecule has 0 aliphatic rings. The number of imidazole rings is 1. The molecule has 206 valence electrons. The van der Waals surface area contributed by atoms with Crippen molar-refractivity contribution in [2.45, 2.75) is 73.1 Å². The molecule has 1 atom stereocenters. The molecule has 4 aromatic rings. The first-order valence-electron chi connectivity index (χ1n) is 13.2. The zero-order valence-corrected chi connectivity index (χ0v) is 23.0. The second-order valence-corrected chi connectivity index (χ2v) is 9.45. The first-order valence-corrected chi connectivity index (χ1v) is 13.2. The minimum Gasteiger partial charge on any atom is -0.366 e. The van der Waals surface area contributed by atoms with Crippen LogP contribution in [0.4, 0.5) is 5.95 Å². The average Bonchev–Trinajstić information content (AvgIpc) is 3.59. The van der Waals surface area contributed by atoms with Gasteiger partial charge in [-0.25, -0.2) is 4.98 Å². The van der Waals surface area contributed by atoms with Crippen LogP contribution in [0.15, 0.2) is 30.3 Å². The van der Waals surface area contributed by atoms with Crippen molar-refractivity contribution in [3.63, 3.8) is 0 Å². The Bertz CT molecular complexity index is 1530. The molecular formula is C27H35N9O3. The molecule has 3 amide bonds. The van der Waals surface area contributed by atoms with Crippen LogP contribution in [0.1, 0.15) is 76.3 Å². The highest BCUT2D eigenvalue weighted by atomic mass is 16.2. The number of hydrogen-bond acceptors (Lipinski definition) is 6. The van der Waals surface area contributed by atoms with E-state index in [-0.39, 0.29) is 17.9 Å². The number of anilines is 1. The largest absolute Gasteiger partial charge is 0.366 e. The summed E-state index contributed by atoms with van der Waals surface area (Å²) in [7, 11) is 0. The van der Waals surface area contributed by atoms with E-state index in [0.717, 1.165) is 16.9 Å². The van der Waals surface area contributed by atoms with Gasteiger partial charge in [0.05, 0.1) is 22.4 Å². The number of carbonyl (C=O) groups excluding carboxylic acids is 3. The molecule has 4 N–H and O–H groups in total. The quantitative estimate of drug-likeness (QED) is 0.269. The van der Waals surface area contributed by atoms with Crippen LogP contribution < -0.4 is 16.4 Å². The highest BCUT2D eigenvalue weighted by molar-refractivity contribution is 6.03. The molecule has 4 rings (SSSR count). The van der Waals surface area contributed by atoms with Crippen molar-refractivity contribution in [1.82, 2.24) is 34.4 Å². The number of rotatable bonds is 11. The maximum absolute atomic E-state index is 13.2. The van der Waals surface area contributed by atoms with Crippen molar-refractivity contribution in [2.24, 2.45) is 5.73 Å². The normalized spacial score (nSPS) is 12.0. The Balaban J connectivity index is 1.60. The van der Waals surface area contributed by atoms with E-state index in [2.05, 4.69) is 25.8 Å². The minimum atomic E-state index is -0.560. The third kappa shape index (κ3) is 5.84. The summed E-state index contributed by atoms with van der Waals surface area (Å²) < 4.78 is 5.20. The van der Waals surface area contributed by atoms with Gasteiger partial charge in [0.1, 0.15) is 11.4 Å². The summed E-state index contributed by atoms with van der Waals surface area (Å²) in [5, 5.41) is 14.8. The zero-order valence-electron chi connectivity index (χ0n) is 23.0. The molecule has 12 heteroatoms. The van der Waals surface area contributed by atoms with E-state index in [1.807, 2.05) is 39.2 Å². The molecule has 0 spiro atoms. The van der Waals surface area contributed by atoms with E-state index < -0.39 is 5.91 Å².